The van der Waals surface area contributed by atoms with Crippen LogP contribution in [0, 0.1) is 11.3 Å². The van der Waals surface area contributed by atoms with Crippen LogP contribution in [0.3, 0.4) is 0 Å². The number of hydrogen-bond donors (Lipinski definition) is 2. The molecule has 3 rings (SSSR count). The molecule has 1 aromatic rings. The zero-order chi connectivity index (χ0) is 13.9. The van der Waals surface area contributed by atoms with Crippen molar-refractivity contribution in [3.8, 4) is 6.07 Å². The highest BCUT2D eigenvalue weighted by molar-refractivity contribution is 5.40. The van der Waals surface area contributed by atoms with Gasteiger partial charge in [-0.2, -0.15) is 5.26 Å². The highest BCUT2D eigenvalue weighted by Crippen LogP contribution is 2.32. The fourth-order valence-electron chi connectivity index (χ4n) is 3.58. The molecule has 1 unspecified atom stereocenters. The normalized spacial score (nSPS) is 29.5. The van der Waals surface area contributed by atoms with Gasteiger partial charge in [0, 0.05) is 12.1 Å². The molecule has 20 heavy (non-hydrogen) atoms. The summed E-state index contributed by atoms with van der Waals surface area (Å²) in [5, 5.41) is 22.4. The molecule has 106 valence electrons. The molecule has 1 saturated carbocycles. The van der Waals surface area contributed by atoms with Crippen molar-refractivity contribution in [3.63, 3.8) is 0 Å². The van der Waals surface area contributed by atoms with E-state index in [1.165, 1.54) is 24.0 Å². The Hall–Kier alpha value is -1.37. The molecular formula is C17H22N2O. The molecule has 1 aromatic carbocycles. The van der Waals surface area contributed by atoms with Crippen LogP contribution in [0.1, 0.15) is 61.3 Å². The number of rotatable bonds is 2. The minimum atomic E-state index is -0.0927. The summed E-state index contributed by atoms with van der Waals surface area (Å²) in [7, 11) is 0. The molecule has 3 heteroatoms. The van der Waals surface area contributed by atoms with E-state index in [1.54, 1.807) is 0 Å². The van der Waals surface area contributed by atoms with Gasteiger partial charge in [0.1, 0.15) is 0 Å². The zero-order valence-corrected chi connectivity index (χ0v) is 11.8. The van der Waals surface area contributed by atoms with Crippen molar-refractivity contribution in [1.82, 2.24) is 5.32 Å². The Morgan fingerprint density at radius 2 is 1.95 bits per heavy atom. The number of aliphatic hydroxyl groups is 1. The molecule has 0 heterocycles. The Morgan fingerprint density at radius 1 is 1.15 bits per heavy atom. The Kier molecular flexibility index (Phi) is 4.05. The van der Waals surface area contributed by atoms with Crippen LogP contribution in [-0.2, 0) is 6.42 Å². The molecule has 0 aromatic heterocycles. The number of nitriles is 1. The molecule has 0 radical (unpaired) electrons. The zero-order valence-electron chi connectivity index (χ0n) is 11.8. The van der Waals surface area contributed by atoms with E-state index < -0.39 is 0 Å². The second kappa shape index (κ2) is 5.95. The van der Waals surface area contributed by atoms with Gasteiger partial charge in [-0.25, -0.2) is 0 Å². The van der Waals surface area contributed by atoms with Crippen LogP contribution in [0.15, 0.2) is 18.2 Å². The van der Waals surface area contributed by atoms with E-state index in [4.69, 9.17) is 5.26 Å². The lowest BCUT2D eigenvalue weighted by atomic mass is 9.85. The summed E-state index contributed by atoms with van der Waals surface area (Å²) in [4.78, 5) is 0. The fraction of sp³-hybridized carbons (Fsp3) is 0.588. The van der Waals surface area contributed by atoms with Crippen LogP contribution in [0.25, 0.3) is 0 Å². The van der Waals surface area contributed by atoms with Crippen molar-refractivity contribution < 1.29 is 5.11 Å². The second-order valence-corrected chi connectivity index (χ2v) is 6.14. The molecule has 0 saturated heterocycles. The Morgan fingerprint density at radius 3 is 2.70 bits per heavy atom. The monoisotopic (exact) mass is 270 g/mol. The summed E-state index contributed by atoms with van der Waals surface area (Å²) in [6, 6.07) is 9.30. The molecule has 2 N–H and O–H groups in total. The molecule has 0 aliphatic heterocycles. The Bertz CT molecular complexity index is 512. The fourth-order valence-corrected chi connectivity index (χ4v) is 3.58. The highest BCUT2D eigenvalue weighted by atomic mass is 16.3. The number of nitrogens with one attached hydrogen (secondary N) is 1. The van der Waals surface area contributed by atoms with Crippen molar-refractivity contribution in [1.29, 1.82) is 5.26 Å². The average Bonchev–Trinajstić information content (AvgIpc) is 2.49. The lowest BCUT2D eigenvalue weighted by molar-refractivity contribution is 0.113. The van der Waals surface area contributed by atoms with Gasteiger partial charge in [0.25, 0.3) is 0 Å². The lowest BCUT2D eigenvalue weighted by Crippen LogP contribution is -2.38. The van der Waals surface area contributed by atoms with E-state index in [1.807, 2.05) is 12.1 Å². The Balaban J connectivity index is 1.72. The van der Waals surface area contributed by atoms with Crippen LogP contribution >= 0.6 is 0 Å². The van der Waals surface area contributed by atoms with E-state index in [0.717, 1.165) is 37.7 Å². The standard InChI is InChI=1S/C17H22N2O/c18-11-12-4-9-16-13(10-12)2-1-3-17(16)19-14-5-7-15(20)8-6-14/h4,9-10,14-15,17,19-20H,1-3,5-8H2. The van der Waals surface area contributed by atoms with Crippen LogP contribution in [0.4, 0.5) is 0 Å². The molecule has 1 atom stereocenters. The minimum Gasteiger partial charge on any atom is -0.393 e. The summed E-state index contributed by atoms with van der Waals surface area (Å²) in [6.07, 6.45) is 7.35. The summed E-state index contributed by atoms with van der Waals surface area (Å²) in [6.45, 7) is 0. The molecule has 1 fully saturated rings. The molecule has 3 nitrogen and oxygen atoms in total. The van der Waals surface area contributed by atoms with Gasteiger partial charge in [-0.3, -0.25) is 0 Å². The van der Waals surface area contributed by atoms with Gasteiger partial charge in [0.15, 0.2) is 0 Å². The first-order valence-corrected chi connectivity index (χ1v) is 7.73. The average molecular weight is 270 g/mol. The van der Waals surface area contributed by atoms with E-state index in [0.29, 0.717) is 12.1 Å². The van der Waals surface area contributed by atoms with Gasteiger partial charge in [-0.1, -0.05) is 6.07 Å². The Labute approximate surface area is 120 Å². The summed E-state index contributed by atoms with van der Waals surface area (Å²) in [5.74, 6) is 0. The van der Waals surface area contributed by atoms with E-state index in [9.17, 15) is 5.11 Å². The van der Waals surface area contributed by atoms with Crippen molar-refractivity contribution in [2.45, 2.75) is 63.1 Å². The number of nitrogens with zero attached hydrogens (tertiary/aromatic N) is 1. The van der Waals surface area contributed by atoms with Crippen LogP contribution in [0.5, 0.6) is 0 Å². The van der Waals surface area contributed by atoms with E-state index in [2.05, 4.69) is 17.5 Å². The van der Waals surface area contributed by atoms with Crippen LogP contribution in [0.2, 0.25) is 0 Å². The largest absolute Gasteiger partial charge is 0.393 e. The molecule has 0 bridgehead atoms. The van der Waals surface area contributed by atoms with Gasteiger partial charge >= 0.3 is 0 Å². The maximum absolute atomic E-state index is 9.59. The number of benzene rings is 1. The first kappa shape index (κ1) is 13.6. The summed E-state index contributed by atoms with van der Waals surface area (Å²) >= 11 is 0. The number of aryl methyl sites for hydroxylation is 1. The number of hydrogen-bond acceptors (Lipinski definition) is 3. The van der Waals surface area contributed by atoms with Crippen molar-refractivity contribution in [3.05, 3.63) is 34.9 Å². The molecule has 0 spiro atoms. The van der Waals surface area contributed by atoms with Gasteiger partial charge < -0.3 is 10.4 Å². The van der Waals surface area contributed by atoms with Gasteiger partial charge in [-0.15, -0.1) is 0 Å². The SMILES string of the molecule is N#Cc1ccc2c(c1)CCCC2NC1CCC(O)CC1. The van der Waals surface area contributed by atoms with E-state index in [-0.39, 0.29) is 6.10 Å². The number of aliphatic hydroxyl groups excluding tert-OH is 1. The molecular weight excluding hydrogens is 248 g/mol. The van der Waals surface area contributed by atoms with Gasteiger partial charge in [-0.05, 0) is 68.2 Å². The van der Waals surface area contributed by atoms with Gasteiger partial charge in [0.2, 0.25) is 0 Å². The quantitative estimate of drug-likeness (QED) is 0.869. The second-order valence-electron chi connectivity index (χ2n) is 6.14. The van der Waals surface area contributed by atoms with Gasteiger partial charge in [0.05, 0.1) is 17.7 Å². The van der Waals surface area contributed by atoms with E-state index >= 15 is 0 Å². The van der Waals surface area contributed by atoms with Crippen molar-refractivity contribution in [2.75, 3.05) is 0 Å². The van der Waals surface area contributed by atoms with Crippen molar-refractivity contribution in [2.24, 2.45) is 0 Å². The first-order chi connectivity index (χ1) is 9.76. The minimum absolute atomic E-state index is 0.0927. The summed E-state index contributed by atoms with van der Waals surface area (Å²) in [5.41, 5.74) is 3.48. The third kappa shape index (κ3) is 2.87. The third-order valence-electron chi connectivity index (χ3n) is 4.72. The topological polar surface area (TPSA) is 56.0 Å². The maximum Gasteiger partial charge on any atom is 0.0991 e. The predicted molar refractivity (Wildman–Crippen MR) is 78.2 cm³/mol. The smallest absolute Gasteiger partial charge is 0.0991 e. The van der Waals surface area contributed by atoms with Crippen molar-refractivity contribution >= 4 is 0 Å². The lowest BCUT2D eigenvalue weighted by Gasteiger charge is -2.33. The van der Waals surface area contributed by atoms with Crippen LogP contribution < -0.4 is 5.32 Å². The van der Waals surface area contributed by atoms with Crippen LogP contribution in [-0.4, -0.2) is 17.3 Å². The molecule has 2 aliphatic rings. The molecule has 0 amide bonds. The highest BCUT2D eigenvalue weighted by Gasteiger charge is 2.25. The third-order valence-corrected chi connectivity index (χ3v) is 4.72. The first-order valence-electron chi connectivity index (χ1n) is 7.73. The number of fused-ring (bicyclic) bond motifs is 1. The molecule has 2 aliphatic carbocycles. The summed E-state index contributed by atoms with van der Waals surface area (Å²) < 4.78 is 0. The predicted octanol–water partition coefficient (Wildman–Crippen LogP) is 2.83. The maximum atomic E-state index is 9.59.